The van der Waals surface area contributed by atoms with E-state index >= 15 is 0 Å². The van der Waals surface area contributed by atoms with Crippen LogP contribution in [0.15, 0.2) is 48.5 Å². The Morgan fingerprint density at radius 3 is 2.39 bits per heavy atom. The molecule has 0 N–H and O–H groups in total. The van der Waals surface area contributed by atoms with E-state index in [9.17, 15) is 4.79 Å². The summed E-state index contributed by atoms with van der Waals surface area (Å²) in [6.07, 6.45) is 0. The SMILES string of the molecule is CCOc1cccc(-c2ccccc2)c1C(C)=O. The van der Waals surface area contributed by atoms with Crippen LogP contribution in [0, 0.1) is 0 Å². The largest absolute Gasteiger partial charge is 0.493 e. The number of rotatable bonds is 4. The highest BCUT2D eigenvalue weighted by Crippen LogP contribution is 2.31. The van der Waals surface area contributed by atoms with Crippen molar-refractivity contribution in [1.82, 2.24) is 0 Å². The van der Waals surface area contributed by atoms with Crippen LogP contribution in [0.1, 0.15) is 24.2 Å². The van der Waals surface area contributed by atoms with Crippen molar-refractivity contribution in [1.29, 1.82) is 0 Å². The minimum Gasteiger partial charge on any atom is -0.493 e. The summed E-state index contributed by atoms with van der Waals surface area (Å²) in [6.45, 7) is 4.04. The zero-order valence-electron chi connectivity index (χ0n) is 10.6. The first-order valence-electron chi connectivity index (χ1n) is 6.06. The number of carbonyl (C=O) groups excluding carboxylic acids is 1. The average Bonchev–Trinajstić information content (AvgIpc) is 2.39. The van der Waals surface area contributed by atoms with Crippen LogP contribution in [0.2, 0.25) is 0 Å². The van der Waals surface area contributed by atoms with Gasteiger partial charge in [-0.05, 0) is 31.0 Å². The third kappa shape index (κ3) is 2.43. The number of benzene rings is 2. The van der Waals surface area contributed by atoms with Crippen LogP contribution < -0.4 is 4.74 Å². The molecule has 92 valence electrons. The summed E-state index contributed by atoms with van der Waals surface area (Å²) in [5.74, 6) is 0.684. The number of ether oxygens (including phenoxy) is 1. The van der Waals surface area contributed by atoms with Crippen LogP contribution in [0.3, 0.4) is 0 Å². The third-order valence-corrected chi connectivity index (χ3v) is 2.76. The first-order valence-corrected chi connectivity index (χ1v) is 6.06. The molecule has 2 aromatic carbocycles. The van der Waals surface area contributed by atoms with Gasteiger partial charge in [-0.15, -0.1) is 0 Å². The summed E-state index contributed by atoms with van der Waals surface area (Å²) in [4.78, 5) is 11.9. The monoisotopic (exact) mass is 240 g/mol. The molecule has 0 radical (unpaired) electrons. The van der Waals surface area contributed by atoms with Gasteiger partial charge in [0.2, 0.25) is 0 Å². The molecule has 0 saturated heterocycles. The van der Waals surface area contributed by atoms with Gasteiger partial charge in [-0.3, -0.25) is 4.79 Å². The van der Waals surface area contributed by atoms with Gasteiger partial charge in [0.15, 0.2) is 5.78 Å². The molecule has 0 bridgehead atoms. The van der Waals surface area contributed by atoms with Crippen LogP contribution in [0.4, 0.5) is 0 Å². The van der Waals surface area contributed by atoms with Gasteiger partial charge in [0.1, 0.15) is 5.75 Å². The zero-order valence-corrected chi connectivity index (χ0v) is 10.6. The van der Waals surface area contributed by atoms with Gasteiger partial charge in [0.25, 0.3) is 0 Å². The topological polar surface area (TPSA) is 26.3 Å². The van der Waals surface area contributed by atoms with E-state index in [2.05, 4.69) is 0 Å². The van der Waals surface area contributed by atoms with E-state index in [4.69, 9.17) is 4.74 Å². The van der Waals surface area contributed by atoms with E-state index in [1.165, 1.54) is 0 Å². The van der Waals surface area contributed by atoms with Gasteiger partial charge in [-0.25, -0.2) is 0 Å². The Kier molecular flexibility index (Phi) is 3.78. The van der Waals surface area contributed by atoms with Gasteiger partial charge >= 0.3 is 0 Å². The minimum atomic E-state index is 0.0258. The summed E-state index contributed by atoms with van der Waals surface area (Å²) in [6, 6.07) is 15.6. The first kappa shape index (κ1) is 12.4. The fourth-order valence-electron chi connectivity index (χ4n) is 2.03. The Hall–Kier alpha value is -2.09. The van der Waals surface area contributed by atoms with E-state index in [0.29, 0.717) is 17.9 Å². The Balaban J connectivity index is 2.60. The molecule has 0 fully saturated rings. The number of hydrogen-bond acceptors (Lipinski definition) is 2. The first-order chi connectivity index (χ1) is 8.74. The Morgan fingerprint density at radius 1 is 1.06 bits per heavy atom. The fraction of sp³-hybridized carbons (Fsp3) is 0.188. The lowest BCUT2D eigenvalue weighted by atomic mass is 9.96. The quantitative estimate of drug-likeness (QED) is 0.756. The van der Waals surface area contributed by atoms with Gasteiger partial charge in [0, 0.05) is 0 Å². The maximum atomic E-state index is 11.9. The molecule has 2 aromatic rings. The van der Waals surface area contributed by atoms with E-state index in [0.717, 1.165) is 11.1 Å². The second-order valence-corrected chi connectivity index (χ2v) is 4.03. The molecule has 0 saturated carbocycles. The van der Waals surface area contributed by atoms with Gasteiger partial charge in [-0.2, -0.15) is 0 Å². The van der Waals surface area contributed by atoms with E-state index in [1.54, 1.807) is 6.92 Å². The normalized spacial score (nSPS) is 10.1. The molecule has 2 rings (SSSR count). The number of hydrogen-bond donors (Lipinski definition) is 0. The van der Waals surface area contributed by atoms with E-state index in [-0.39, 0.29) is 5.78 Å². The standard InChI is InChI=1S/C16H16O2/c1-3-18-15-11-7-10-14(16(15)12(2)17)13-8-5-4-6-9-13/h4-11H,3H2,1-2H3. The molecule has 0 unspecified atom stereocenters. The Bertz CT molecular complexity index is 544. The van der Waals surface area contributed by atoms with Crippen molar-refractivity contribution in [3.8, 4) is 16.9 Å². The molecular formula is C16H16O2. The molecule has 0 aliphatic carbocycles. The minimum absolute atomic E-state index is 0.0258. The maximum absolute atomic E-state index is 11.9. The fourth-order valence-corrected chi connectivity index (χ4v) is 2.03. The second-order valence-electron chi connectivity index (χ2n) is 4.03. The lowest BCUT2D eigenvalue weighted by molar-refractivity contribution is 0.101. The van der Waals surface area contributed by atoms with E-state index in [1.807, 2.05) is 55.5 Å². The van der Waals surface area contributed by atoms with Gasteiger partial charge in [-0.1, -0.05) is 42.5 Å². The molecule has 0 amide bonds. The second kappa shape index (κ2) is 5.50. The summed E-state index contributed by atoms with van der Waals surface area (Å²) < 4.78 is 5.54. The molecular weight excluding hydrogens is 224 g/mol. The zero-order chi connectivity index (χ0) is 13.0. The number of ketones is 1. The average molecular weight is 240 g/mol. The van der Waals surface area contributed by atoms with Crippen LogP contribution in [-0.2, 0) is 0 Å². The predicted molar refractivity (Wildman–Crippen MR) is 73.1 cm³/mol. The Morgan fingerprint density at radius 2 is 1.78 bits per heavy atom. The molecule has 2 nitrogen and oxygen atoms in total. The van der Waals surface area contributed by atoms with Crippen LogP contribution >= 0.6 is 0 Å². The van der Waals surface area contributed by atoms with E-state index < -0.39 is 0 Å². The maximum Gasteiger partial charge on any atom is 0.164 e. The van der Waals surface area contributed by atoms with Crippen LogP contribution in [0.25, 0.3) is 11.1 Å². The summed E-state index contributed by atoms with van der Waals surface area (Å²) >= 11 is 0. The molecule has 0 aliphatic rings. The third-order valence-electron chi connectivity index (χ3n) is 2.76. The van der Waals surface area contributed by atoms with Crippen LogP contribution in [-0.4, -0.2) is 12.4 Å². The molecule has 0 atom stereocenters. The Labute approximate surface area is 107 Å². The molecule has 0 spiro atoms. The molecule has 0 heterocycles. The highest BCUT2D eigenvalue weighted by molar-refractivity contribution is 6.03. The van der Waals surface area contributed by atoms with Crippen molar-refractivity contribution in [3.63, 3.8) is 0 Å². The smallest absolute Gasteiger partial charge is 0.164 e. The van der Waals surface area contributed by atoms with Crippen molar-refractivity contribution >= 4 is 5.78 Å². The highest BCUT2D eigenvalue weighted by atomic mass is 16.5. The van der Waals surface area contributed by atoms with Crippen molar-refractivity contribution in [3.05, 3.63) is 54.1 Å². The molecule has 0 aliphatic heterocycles. The number of carbonyl (C=O) groups is 1. The molecule has 18 heavy (non-hydrogen) atoms. The van der Waals surface area contributed by atoms with Crippen molar-refractivity contribution in [2.24, 2.45) is 0 Å². The summed E-state index contributed by atoms with van der Waals surface area (Å²) in [5.41, 5.74) is 2.61. The lowest BCUT2D eigenvalue weighted by Gasteiger charge is -2.12. The lowest BCUT2D eigenvalue weighted by Crippen LogP contribution is -2.02. The van der Waals surface area contributed by atoms with Crippen LogP contribution in [0.5, 0.6) is 5.75 Å². The molecule has 2 heteroatoms. The summed E-state index contributed by atoms with van der Waals surface area (Å²) in [7, 11) is 0. The number of Topliss-reactive ketones (excluding diaryl/α,β-unsaturated/α-hetero) is 1. The highest BCUT2D eigenvalue weighted by Gasteiger charge is 2.14. The van der Waals surface area contributed by atoms with Crippen molar-refractivity contribution < 1.29 is 9.53 Å². The molecule has 0 aromatic heterocycles. The predicted octanol–water partition coefficient (Wildman–Crippen LogP) is 3.95. The van der Waals surface area contributed by atoms with Gasteiger partial charge in [0.05, 0.1) is 12.2 Å². The summed E-state index contributed by atoms with van der Waals surface area (Å²) in [5, 5.41) is 0. The van der Waals surface area contributed by atoms with Crippen molar-refractivity contribution in [2.45, 2.75) is 13.8 Å². The van der Waals surface area contributed by atoms with Crippen molar-refractivity contribution in [2.75, 3.05) is 6.61 Å². The van der Waals surface area contributed by atoms with Gasteiger partial charge < -0.3 is 4.74 Å².